The van der Waals surface area contributed by atoms with Crippen LogP contribution in [0, 0.1) is 0 Å². The quantitative estimate of drug-likeness (QED) is 0.692. The maximum absolute atomic E-state index is 11.9. The summed E-state index contributed by atoms with van der Waals surface area (Å²) < 4.78 is 27.4. The molecule has 2 aromatic rings. The molecule has 0 aliphatic carbocycles. The van der Waals surface area contributed by atoms with Crippen molar-refractivity contribution in [3.05, 3.63) is 34.9 Å². The van der Waals surface area contributed by atoms with Crippen molar-refractivity contribution in [2.45, 2.75) is 4.90 Å². The highest BCUT2D eigenvalue weighted by Crippen LogP contribution is 2.18. The number of sulfonamides is 1. The number of hydrogen-bond donors (Lipinski definition) is 3. The number of anilines is 2. The van der Waals surface area contributed by atoms with E-state index in [2.05, 4.69) is 14.9 Å². The summed E-state index contributed by atoms with van der Waals surface area (Å²) in [6.45, 7) is 0. The lowest BCUT2D eigenvalue weighted by Crippen LogP contribution is -2.18. The lowest BCUT2D eigenvalue weighted by Gasteiger charge is -2.07. The molecule has 0 bridgehead atoms. The average molecular weight is 269 g/mol. The number of nitrogens with two attached hydrogens (primary N) is 1. The van der Waals surface area contributed by atoms with Crippen LogP contribution in [0.2, 0.25) is 0 Å². The highest BCUT2D eigenvalue weighted by Gasteiger charge is 2.19. The Hall–Kier alpha value is -2.29. The number of nitrogens with one attached hydrogen (secondary N) is 2. The first-order valence-corrected chi connectivity index (χ1v) is 6.37. The van der Waals surface area contributed by atoms with Gasteiger partial charge in [-0.3, -0.25) is 14.6 Å². The van der Waals surface area contributed by atoms with Crippen molar-refractivity contribution in [3.63, 3.8) is 0 Å². The zero-order valence-electron chi connectivity index (χ0n) is 9.41. The third kappa shape index (κ3) is 2.20. The Morgan fingerprint density at radius 2 is 2.17 bits per heavy atom. The van der Waals surface area contributed by atoms with Crippen molar-refractivity contribution in [3.8, 4) is 0 Å². The molecule has 0 aliphatic heterocycles. The molecule has 0 aromatic carbocycles. The average Bonchev–Trinajstić information content (AvgIpc) is 2.70. The number of rotatable bonds is 3. The van der Waals surface area contributed by atoms with Crippen LogP contribution in [0.3, 0.4) is 0 Å². The second-order valence-electron chi connectivity index (χ2n) is 3.62. The van der Waals surface area contributed by atoms with Gasteiger partial charge in [0.25, 0.3) is 10.0 Å². The molecular formula is C9H11N5O3S. The highest BCUT2D eigenvalue weighted by atomic mass is 32.2. The molecule has 2 rings (SSSR count). The van der Waals surface area contributed by atoms with Crippen LogP contribution in [0.25, 0.3) is 0 Å². The number of aromatic amines is 1. The largest absolute Gasteiger partial charge is 0.383 e. The van der Waals surface area contributed by atoms with Crippen LogP contribution in [0.15, 0.2) is 34.2 Å². The fraction of sp³-hybridized carbons (Fsp3) is 0.111. The maximum Gasteiger partial charge on any atom is 0.267 e. The molecule has 9 heteroatoms. The highest BCUT2D eigenvalue weighted by molar-refractivity contribution is 7.92. The number of aryl methyl sites for hydroxylation is 1. The first kappa shape index (κ1) is 12.2. The van der Waals surface area contributed by atoms with Gasteiger partial charge < -0.3 is 10.3 Å². The summed E-state index contributed by atoms with van der Waals surface area (Å²) in [7, 11) is -2.29. The van der Waals surface area contributed by atoms with Crippen molar-refractivity contribution in [2.24, 2.45) is 7.05 Å². The van der Waals surface area contributed by atoms with Gasteiger partial charge in [0.05, 0.1) is 11.9 Å². The van der Waals surface area contributed by atoms with E-state index in [1.165, 1.54) is 29.9 Å². The van der Waals surface area contributed by atoms with E-state index < -0.39 is 10.0 Å². The Morgan fingerprint density at radius 3 is 2.72 bits per heavy atom. The van der Waals surface area contributed by atoms with Gasteiger partial charge >= 0.3 is 0 Å². The second kappa shape index (κ2) is 4.18. The summed E-state index contributed by atoms with van der Waals surface area (Å²) in [5, 5.41) is 5.87. The number of aromatic nitrogens is 3. The van der Waals surface area contributed by atoms with Gasteiger partial charge in [0, 0.05) is 19.3 Å². The number of hydrogen-bond acceptors (Lipinski definition) is 5. The Balaban J connectivity index is 2.37. The molecule has 0 unspecified atom stereocenters. The molecule has 0 saturated heterocycles. The van der Waals surface area contributed by atoms with E-state index in [9.17, 15) is 13.2 Å². The van der Waals surface area contributed by atoms with Gasteiger partial charge in [-0.25, -0.2) is 8.42 Å². The van der Waals surface area contributed by atoms with E-state index >= 15 is 0 Å². The number of pyridine rings is 1. The summed E-state index contributed by atoms with van der Waals surface area (Å²) in [5.41, 5.74) is 5.47. The van der Waals surface area contributed by atoms with Crippen LogP contribution in [0.4, 0.5) is 11.5 Å². The summed E-state index contributed by atoms with van der Waals surface area (Å²) in [6.07, 6.45) is 2.48. The molecular weight excluding hydrogens is 258 g/mol. The number of nitrogen functional groups attached to an aromatic ring is 1. The molecule has 18 heavy (non-hydrogen) atoms. The Kier molecular flexibility index (Phi) is 2.83. The molecule has 2 aromatic heterocycles. The second-order valence-corrected chi connectivity index (χ2v) is 5.27. The van der Waals surface area contributed by atoms with Crippen LogP contribution in [-0.2, 0) is 17.1 Å². The molecule has 0 spiro atoms. The number of nitrogens with zero attached hydrogens (tertiary/aromatic N) is 2. The van der Waals surface area contributed by atoms with Crippen molar-refractivity contribution in [1.82, 2.24) is 14.8 Å². The lowest BCUT2D eigenvalue weighted by atomic mass is 10.4. The minimum absolute atomic E-state index is 0.0488. The predicted octanol–water partition coefficient (Wildman–Crippen LogP) is -0.509. The Bertz CT molecular complexity index is 731. The summed E-state index contributed by atoms with van der Waals surface area (Å²) >= 11 is 0. The van der Waals surface area contributed by atoms with Crippen LogP contribution in [-0.4, -0.2) is 23.2 Å². The van der Waals surface area contributed by atoms with Gasteiger partial charge in [0.1, 0.15) is 10.7 Å². The fourth-order valence-corrected chi connectivity index (χ4v) is 2.43. The van der Waals surface area contributed by atoms with E-state index in [0.717, 1.165) is 6.20 Å². The van der Waals surface area contributed by atoms with Crippen molar-refractivity contribution >= 4 is 21.5 Å². The molecule has 0 radical (unpaired) electrons. The van der Waals surface area contributed by atoms with Crippen molar-refractivity contribution in [2.75, 3.05) is 10.5 Å². The standard InChI is InChI=1S/C9H11N5O3S/c1-14-5-6(2-3-8(14)15)13-18(16,17)7-4-11-12-9(7)10/h2-5,13H,1H3,(H3,10,11,12). The molecule has 96 valence electrons. The first-order chi connectivity index (χ1) is 8.40. The molecule has 0 aliphatic rings. The normalized spacial score (nSPS) is 11.4. The molecule has 0 fully saturated rings. The van der Waals surface area contributed by atoms with Crippen molar-refractivity contribution in [1.29, 1.82) is 0 Å². The zero-order valence-corrected chi connectivity index (χ0v) is 10.2. The van der Waals surface area contributed by atoms with Crippen molar-refractivity contribution < 1.29 is 8.42 Å². The van der Waals surface area contributed by atoms with E-state index in [1.54, 1.807) is 0 Å². The first-order valence-electron chi connectivity index (χ1n) is 4.88. The van der Waals surface area contributed by atoms with E-state index in [1.807, 2.05) is 0 Å². The molecule has 0 atom stereocenters. The fourth-order valence-electron chi connectivity index (χ4n) is 1.36. The zero-order chi connectivity index (χ0) is 13.3. The smallest absolute Gasteiger partial charge is 0.267 e. The molecule has 0 amide bonds. The van der Waals surface area contributed by atoms with Gasteiger partial charge in [-0.1, -0.05) is 0 Å². The van der Waals surface area contributed by atoms with Gasteiger partial charge in [-0.15, -0.1) is 0 Å². The van der Waals surface area contributed by atoms with Gasteiger partial charge in [-0.05, 0) is 6.07 Å². The SMILES string of the molecule is Cn1cc(NS(=O)(=O)c2cn[nH]c2N)ccc1=O. The molecule has 2 heterocycles. The minimum Gasteiger partial charge on any atom is -0.383 e. The molecule has 4 N–H and O–H groups in total. The van der Waals surface area contributed by atoms with Gasteiger partial charge in [0.15, 0.2) is 0 Å². The monoisotopic (exact) mass is 269 g/mol. The van der Waals surface area contributed by atoms with Crippen LogP contribution < -0.4 is 16.0 Å². The summed E-state index contributed by atoms with van der Waals surface area (Å²) in [6, 6.07) is 2.63. The van der Waals surface area contributed by atoms with Gasteiger partial charge in [0.2, 0.25) is 5.56 Å². The summed E-state index contributed by atoms with van der Waals surface area (Å²) in [5.74, 6) is -0.0488. The lowest BCUT2D eigenvalue weighted by molar-refractivity contribution is 0.601. The topological polar surface area (TPSA) is 123 Å². The Labute approximate surface area is 102 Å². The summed E-state index contributed by atoms with van der Waals surface area (Å²) in [4.78, 5) is 11.0. The maximum atomic E-state index is 11.9. The Morgan fingerprint density at radius 1 is 1.44 bits per heavy atom. The molecule has 0 saturated carbocycles. The predicted molar refractivity (Wildman–Crippen MR) is 65.5 cm³/mol. The molecule has 8 nitrogen and oxygen atoms in total. The van der Waals surface area contributed by atoms with E-state index in [4.69, 9.17) is 5.73 Å². The minimum atomic E-state index is -3.81. The van der Waals surface area contributed by atoms with Crippen LogP contribution in [0.5, 0.6) is 0 Å². The van der Waals surface area contributed by atoms with E-state index in [-0.39, 0.29) is 22.0 Å². The van der Waals surface area contributed by atoms with E-state index in [0.29, 0.717) is 0 Å². The van der Waals surface area contributed by atoms with Crippen LogP contribution >= 0.6 is 0 Å². The third-order valence-corrected chi connectivity index (χ3v) is 3.67. The van der Waals surface area contributed by atoms with Crippen LogP contribution in [0.1, 0.15) is 0 Å². The third-order valence-electron chi connectivity index (χ3n) is 2.26. The van der Waals surface area contributed by atoms with Gasteiger partial charge in [-0.2, -0.15) is 5.10 Å². The number of H-pyrrole nitrogens is 1.